The molecule has 0 fully saturated rings. The van der Waals surface area contributed by atoms with Gasteiger partial charge in [-0.15, -0.1) is 6.58 Å². The van der Waals surface area contributed by atoms with Gasteiger partial charge >= 0.3 is 0 Å². The number of halogens is 1. The molecule has 0 aromatic heterocycles. The van der Waals surface area contributed by atoms with Gasteiger partial charge in [0.2, 0.25) is 0 Å². The molecule has 0 aliphatic carbocycles. The minimum absolute atomic E-state index is 0.374. The second-order valence-electron chi connectivity index (χ2n) is 4.11. The number of anilines is 2. The number of carbonyl (C=O) groups is 1. The normalized spacial score (nSPS) is 17.3. The molecule has 4 nitrogen and oxygen atoms in total. The van der Waals surface area contributed by atoms with E-state index in [0.29, 0.717) is 11.3 Å². The lowest BCUT2D eigenvalue weighted by Gasteiger charge is -2.23. The van der Waals surface area contributed by atoms with E-state index in [1.54, 1.807) is 6.07 Å². The van der Waals surface area contributed by atoms with Crippen molar-refractivity contribution in [3.05, 3.63) is 34.8 Å². The van der Waals surface area contributed by atoms with Gasteiger partial charge in [-0.1, -0.05) is 6.08 Å². The Labute approximate surface area is 114 Å². The molecule has 1 aliphatic heterocycles. The van der Waals surface area contributed by atoms with E-state index in [1.165, 1.54) is 0 Å². The number of carbonyl (C=O) groups excluding carboxylic acids is 1. The van der Waals surface area contributed by atoms with E-state index >= 15 is 0 Å². The molecule has 1 unspecified atom stereocenters. The molecular formula is C13H15BrN2O2. The first-order valence-corrected chi connectivity index (χ1v) is 6.56. The molecule has 1 heterocycles. The Morgan fingerprint density at radius 3 is 2.94 bits per heavy atom. The van der Waals surface area contributed by atoms with Crippen LogP contribution in [0.25, 0.3) is 0 Å². The Hall–Kier alpha value is -1.33. The summed E-state index contributed by atoms with van der Waals surface area (Å²) in [7, 11) is 0. The quantitative estimate of drug-likeness (QED) is 0.840. The molecule has 1 aliphatic rings. The van der Waals surface area contributed by atoms with Crippen molar-refractivity contribution in [2.75, 3.05) is 23.3 Å². The zero-order valence-electron chi connectivity index (χ0n) is 10.1. The van der Waals surface area contributed by atoms with Crippen molar-refractivity contribution in [2.45, 2.75) is 13.0 Å². The highest BCUT2D eigenvalue weighted by molar-refractivity contribution is 9.10. The molecule has 0 saturated heterocycles. The number of hydrogen-bond acceptors (Lipinski definition) is 3. The fourth-order valence-electron chi connectivity index (χ4n) is 2.05. The Bertz CT molecular complexity index is 502. The number of aliphatic hydroxyl groups excluding tert-OH is 1. The van der Waals surface area contributed by atoms with E-state index in [-0.39, 0.29) is 5.91 Å². The van der Waals surface area contributed by atoms with Crippen LogP contribution in [-0.2, 0) is 4.79 Å². The number of likely N-dealkylation sites (N-methyl/N-ethyl adjacent to an activating group) is 1. The Balaban J connectivity index is 2.43. The molecule has 1 amide bonds. The van der Waals surface area contributed by atoms with Crippen LogP contribution >= 0.6 is 15.9 Å². The Morgan fingerprint density at radius 2 is 2.33 bits per heavy atom. The van der Waals surface area contributed by atoms with E-state index in [0.717, 1.165) is 23.2 Å². The molecule has 1 aromatic carbocycles. The van der Waals surface area contributed by atoms with Crippen molar-refractivity contribution in [2.24, 2.45) is 0 Å². The Kier molecular flexibility index (Phi) is 3.73. The summed E-state index contributed by atoms with van der Waals surface area (Å²) in [6, 6.07) is 3.67. The van der Waals surface area contributed by atoms with Gasteiger partial charge < -0.3 is 15.3 Å². The molecule has 0 radical (unpaired) electrons. The second kappa shape index (κ2) is 5.12. The number of aliphatic hydroxyl groups is 1. The largest absolute Gasteiger partial charge is 0.378 e. The molecule has 18 heavy (non-hydrogen) atoms. The minimum atomic E-state index is -1.07. The molecule has 1 aromatic rings. The average molecular weight is 311 g/mol. The zero-order valence-corrected chi connectivity index (χ0v) is 11.7. The fourth-order valence-corrected chi connectivity index (χ4v) is 2.66. The van der Waals surface area contributed by atoms with E-state index in [9.17, 15) is 9.90 Å². The zero-order chi connectivity index (χ0) is 13.3. The SMILES string of the molecule is C=CCN(CC)c1cc2c(cc1Br)C(O)C(=O)N2. The van der Waals surface area contributed by atoms with Gasteiger partial charge in [0.1, 0.15) is 0 Å². The maximum absolute atomic E-state index is 11.4. The van der Waals surface area contributed by atoms with Crippen LogP contribution in [0.15, 0.2) is 29.3 Å². The van der Waals surface area contributed by atoms with E-state index in [1.807, 2.05) is 12.1 Å². The van der Waals surface area contributed by atoms with Gasteiger partial charge in [0.25, 0.3) is 5.91 Å². The molecule has 1 atom stereocenters. The Morgan fingerprint density at radius 1 is 1.61 bits per heavy atom. The van der Waals surface area contributed by atoms with Crippen LogP contribution < -0.4 is 10.2 Å². The lowest BCUT2D eigenvalue weighted by Crippen LogP contribution is -2.22. The molecule has 0 spiro atoms. The standard InChI is InChI=1S/C13H15BrN2O2/c1-3-5-16(4-2)11-7-10-8(6-9(11)14)12(17)13(18)15-10/h3,6-7,12,17H,1,4-5H2,2H3,(H,15,18). The van der Waals surface area contributed by atoms with Crippen molar-refractivity contribution >= 4 is 33.2 Å². The monoisotopic (exact) mass is 310 g/mol. The predicted octanol–water partition coefficient (Wildman–Crippen LogP) is 2.45. The summed E-state index contributed by atoms with van der Waals surface area (Å²) in [5, 5.41) is 12.4. The van der Waals surface area contributed by atoms with Gasteiger partial charge in [0.05, 0.1) is 5.69 Å². The van der Waals surface area contributed by atoms with Crippen molar-refractivity contribution in [1.29, 1.82) is 0 Å². The summed E-state index contributed by atoms with van der Waals surface area (Å²) >= 11 is 3.48. The van der Waals surface area contributed by atoms with Crippen molar-refractivity contribution < 1.29 is 9.90 Å². The first-order chi connectivity index (χ1) is 8.58. The number of nitrogens with one attached hydrogen (secondary N) is 1. The molecular weight excluding hydrogens is 296 g/mol. The third-order valence-electron chi connectivity index (χ3n) is 2.99. The molecule has 2 rings (SSSR count). The highest BCUT2D eigenvalue weighted by Gasteiger charge is 2.29. The van der Waals surface area contributed by atoms with Gasteiger partial charge in [0.15, 0.2) is 6.10 Å². The van der Waals surface area contributed by atoms with E-state index in [4.69, 9.17) is 0 Å². The molecule has 96 valence electrons. The second-order valence-corrected chi connectivity index (χ2v) is 4.96. The lowest BCUT2D eigenvalue weighted by molar-refractivity contribution is -0.123. The highest BCUT2D eigenvalue weighted by Crippen LogP contribution is 2.38. The van der Waals surface area contributed by atoms with Crippen molar-refractivity contribution in [3.63, 3.8) is 0 Å². The first-order valence-electron chi connectivity index (χ1n) is 5.76. The molecule has 2 N–H and O–H groups in total. The van der Waals surface area contributed by atoms with Crippen molar-refractivity contribution in [1.82, 2.24) is 0 Å². The van der Waals surface area contributed by atoms with Gasteiger partial charge in [-0.25, -0.2) is 0 Å². The van der Waals surface area contributed by atoms with Gasteiger partial charge in [-0.3, -0.25) is 4.79 Å². The van der Waals surface area contributed by atoms with Gasteiger partial charge in [-0.2, -0.15) is 0 Å². The molecule has 0 bridgehead atoms. The smallest absolute Gasteiger partial charge is 0.257 e. The third-order valence-corrected chi connectivity index (χ3v) is 3.63. The third kappa shape index (κ3) is 2.15. The first kappa shape index (κ1) is 13.1. The fraction of sp³-hybridized carbons (Fsp3) is 0.308. The minimum Gasteiger partial charge on any atom is -0.378 e. The average Bonchev–Trinajstić information content (AvgIpc) is 2.62. The predicted molar refractivity (Wildman–Crippen MR) is 75.8 cm³/mol. The number of hydrogen-bond donors (Lipinski definition) is 2. The number of fused-ring (bicyclic) bond motifs is 1. The van der Waals surface area contributed by atoms with Crippen LogP contribution in [0, 0.1) is 0 Å². The lowest BCUT2D eigenvalue weighted by atomic mass is 10.1. The van der Waals surface area contributed by atoms with Crippen LogP contribution in [0.5, 0.6) is 0 Å². The number of rotatable bonds is 4. The summed E-state index contributed by atoms with van der Waals surface area (Å²) in [6.07, 6.45) is 0.760. The van der Waals surface area contributed by atoms with E-state index in [2.05, 4.69) is 39.6 Å². The highest BCUT2D eigenvalue weighted by atomic mass is 79.9. The maximum atomic E-state index is 11.4. The summed E-state index contributed by atoms with van der Waals surface area (Å²) in [6.45, 7) is 7.35. The van der Waals surface area contributed by atoms with Crippen molar-refractivity contribution in [3.8, 4) is 0 Å². The summed E-state index contributed by atoms with van der Waals surface area (Å²) < 4.78 is 0.862. The van der Waals surface area contributed by atoms with Crippen LogP contribution in [0.3, 0.4) is 0 Å². The number of benzene rings is 1. The van der Waals surface area contributed by atoms with Crippen LogP contribution in [0.4, 0.5) is 11.4 Å². The van der Waals surface area contributed by atoms with Crippen LogP contribution in [0.2, 0.25) is 0 Å². The van der Waals surface area contributed by atoms with Crippen LogP contribution in [0.1, 0.15) is 18.6 Å². The summed E-state index contributed by atoms with van der Waals surface area (Å²) in [5.74, 6) is -0.374. The van der Waals surface area contributed by atoms with E-state index < -0.39 is 6.10 Å². The topological polar surface area (TPSA) is 52.6 Å². The van der Waals surface area contributed by atoms with Crippen LogP contribution in [-0.4, -0.2) is 24.1 Å². The van der Waals surface area contributed by atoms with Gasteiger partial charge in [-0.05, 0) is 35.0 Å². The summed E-state index contributed by atoms with van der Waals surface area (Å²) in [4.78, 5) is 13.5. The summed E-state index contributed by atoms with van der Waals surface area (Å²) in [5.41, 5.74) is 2.27. The molecule has 5 heteroatoms. The number of amides is 1. The molecule has 0 saturated carbocycles. The maximum Gasteiger partial charge on any atom is 0.257 e. The van der Waals surface area contributed by atoms with Gasteiger partial charge in [0, 0.05) is 28.8 Å². The number of nitrogens with zero attached hydrogens (tertiary/aromatic N) is 1.